The van der Waals surface area contributed by atoms with Crippen LogP contribution < -0.4 is 10.9 Å². The molecular formula is C20H15F2N5O2. The summed E-state index contributed by atoms with van der Waals surface area (Å²) < 4.78 is 27.8. The molecule has 0 radical (unpaired) electrons. The van der Waals surface area contributed by atoms with Crippen LogP contribution in [0.25, 0.3) is 10.9 Å². The number of carbonyl (C=O) groups is 1. The Morgan fingerprint density at radius 1 is 1.28 bits per heavy atom. The summed E-state index contributed by atoms with van der Waals surface area (Å²) in [5.74, 6) is -2.51. The summed E-state index contributed by atoms with van der Waals surface area (Å²) in [5.41, 5.74) is -0.742. The number of carbonyl (C=O) groups excluding carboxylic acids is 1. The topological polar surface area (TPSA) is 112 Å². The van der Waals surface area contributed by atoms with Crippen LogP contribution in [0.15, 0.2) is 35.1 Å². The molecule has 9 heteroatoms. The summed E-state index contributed by atoms with van der Waals surface area (Å²) in [4.78, 5) is 28.0. The summed E-state index contributed by atoms with van der Waals surface area (Å²) in [7, 11) is 0. The quantitative estimate of drug-likeness (QED) is 0.705. The van der Waals surface area contributed by atoms with Crippen LogP contribution in [0, 0.1) is 23.0 Å². The number of H-pyrrole nitrogens is 1. The summed E-state index contributed by atoms with van der Waals surface area (Å²) in [6, 6.07) is 7.89. The molecule has 0 saturated heterocycles. The van der Waals surface area contributed by atoms with E-state index >= 15 is 0 Å². The van der Waals surface area contributed by atoms with Gasteiger partial charge in [0, 0.05) is 10.9 Å². The Labute approximate surface area is 163 Å². The SMILES string of the molecule is C[C@H](NC(=O)C1(c2cc3c(F)c(F)ccc3[nH]c2=O)CC1)c1ccc(C#N)nn1. The highest BCUT2D eigenvalue weighted by Gasteiger charge is 2.53. The van der Waals surface area contributed by atoms with Crippen LogP contribution in [0.3, 0.4) is 0 Å². The first kappa shape index (κ1) is 18.7. The molecule has 1 saturated carbocycles. The highest BCUT2D eigenvalue weighted by Crippen LogP contribution is 2.48. The van der Waals surface area contributed by atoms with Gasteiger partial charge in [-0.3, -0.25) is 9.59 Å². The van der Waals surface area contributed by atoms with Gasteiger partial charge in [0.15, 0.2) is 17.3 Å². The molecule has 1 fully saturated rings. The van der Waals surface area contributed by atoms with Gasteiger partial charge in [0.2, 0.25) is 5.91 Å². The van der Waals surface area contributed by atoms with Crippen LogP contribution in [0.5, 0.6) is 0 Å². The molecule has 1 amide bonds. The third-order valence-corrected chi connectivity index (χ3v) is 5.21. The predicted molar refractivity (Wildman–Crippen MR) is 98.7 cm³/mol. The molecule has 3 aromatic rings. The normalized spacial score (nSPS) is 15.5. The van der Waals surface area contributed by atoms with Crippen molar-refractivity contribution < 1.29 is 13.6 Å². The lowest BCUT2D eigenvalue weighted by atomic mass is 9.94. The molecule has 1 aromatic carbocycles. The van der Waals surface area contributed by atoms with E-state index in [1.54, 1.807) is 13.0 Å². The van der Waals surface area contributed by atoms with Crippen molar-refractivity contribution in [3.8, 4) is 6.07 Å². The van der Waals surface area contributed by atoms with Crippen molar-refractivity contribution in [2.24, 2.45) is 0 Å². The number of fused-ring (bicyclic) bond motifs is 1. The monoisotopic (exact) mass is 395 g/mol. The zero-order valence-electron chi connectivity index (χ0n) is 15.3. The minimum absolute atomic E-state index is 0.0790. The maximum Gasteiger partial charge on any atom is 0.252 e. The van der Waals surface area contributed by atoms with E-state index in [2.05, 4.69) is 20.5 Å². The molecule has 146 valence electrons. The zero-order chi connectivity index (χ0) is 20.8. The molecule has 0 spiro atoms. The molecule has 1 aliphatic carbocycles. The predicted octanol–water partition coefficient (Wildman–Crippen LogP) is 2.38. The first-order valence-corrected chi connectivity index (χ1v) is 8.92. The number of amides is 1. The molecular weight excluding hydrogens is 380 g/mol. The second-order valence-corrected chi connectivity index (χ2v) is 7.07. The van der Waals surface area contributed by atoms with Gasteiger partial charge in [0.25, 0.3) is 5.56 Å². The fraction of sp³-hybridized carbons (Fsp3) is 0.250. The maximum absolute atomic E-state index is 14.2. The van der Waals surface area contributed by atoms with Crippen molar-refractivity contribution in [2.75, 3.05) is 0 Å². The van der Waals surface area contributed by atoms with Gasteiger partial charge in [-0.15, -0.1) is 5.10 Å². The zero-order valence-corrected chi connectivity index (χ0v) is 15.3. The number of nitriles is 1. The van der Waals surface area contributed by atoms with Gasteiger partial charge in [-0.25, -0.2) is 8.78 Å². The molecule has 29 heavy (non-hydrogen) atoms. The fourth-order valence-corrected chi connectivity index (χ4v) is 3.36. The van der Waals surface area contributed by atoms with Crippen molar-refractivity contribution in [2.45, 2.75) is 31.2 Å². The molecule has 2 aromatic heterocycles. The van der Waals surface area contributed by atoms with E-state index in [-0.39, 0.29) is 22.2 Å². The number of aromatic amines is 1. The maximum atomic E-state index is 14.2. The van der Waals surface area contributed by atoms with Crippen molar-refractivity contribution in [1.82, 2.24) is 20.5 Å². The first-order chi connectivity index (χ1) is 13.9. The lowest BCUT2D eigenvalue weighted by Gasteiger charge is -2.19. The van der Waals surface area contributed by atoms with Crippen molar-refractivity contribution in [3.05, 3.63) is 69.3 Å². The largest absolute Gasteiger partial charge is 0.347 e. The third kappa shape index (κ3) is 3.12. The Kier molecular flexibility index (Phi) is 4.34. The van der Waals surface area contributed by atoms with E-state index in [1.807, 2.05) is 6.07 Å². The minimum atomic E-state index is -1.10. The average Bonchev–Trinajstić information content (AvgIpc) is 3.52. The second-order valence-electron chi connectivity index (χ2n) is 7.07. The summed E-state index contributed by atoms with van der Waals surface area (Å²) in [5, 5.41) is 19.1. The summed E-state index contributed by atoms with van der Waals surface area (Å²) in [6.45, 7) is 1.70. The number of pyridine rings is 1. The van der Waals surface area contributed by atoms with Crippen LogP contribution in [0.1, 0.15) is 42.8 Å². The molecule has 1 atom stereocenters. The minimum Gasteiger partial charge on any atom is -0.347 e. The third-order valence-electron chi connectivity index (χ3n) is 5.21. The van der Waals surface area contributed by atoms with E-state index in [9.17, 15) is 18.4 Å². The van der Waals surface area contributed by atoms with E-state index in [0.29, 0.717) is 18.5 Å². The Balaban J connectivity index is 1.65. The van der Waals surface area contributed by atoms with Crippen molar-refractivity contribution in [1.29, 1.82) is 5.26 Å². The van der Waals surface area contributed by atoms with Gasteiger partial charge < -0.3 is 10.3 Å². The number of nitrogens with one attached hydrogen (secondary N) is 2. The smallest absolute Gasteiger partial charge is 0.252 e. The van der Waals surface area contributed by atoms with Crippen LogP contribution in [0.2, 0.25) is 0 Å². The Bertz CT molecular complexity index is 1230. The molecule has 0 unspecified atom stereocenters. The van der Waals surface area contributed by atoms with Gasteiger partial charge in [-0.1, -0.05) is 0 Å². The van der Waals surface area contributed by atoms with Gasteiger partial charge in [-0.2, -0.15) is 10.4 Å². The van der Waals surface area contributed by atoms with Gasteiger partial charge in [-0.05, 0) is 50.1 Å². The molecule has 0 bridgehead atoms. The van der Waals surface area contributed by atoms with E-state index in [1.165, 1.54) is 18.2 Å². The summed E-state index contributed by atoms with van der Waals surface area (Å²) >= 11 is 0. The Morgan fingerprint density at radius 3 is 2.66 bits per heavy atom. The van der Waals surface area contributed by atoms with Gasteiger partial charge in [0.1, 0.15) is 6.07 Å². The van der Waals surface area contributed by atoms with Crippen LogP contribution >= 0.6 is 0 Å². The Hall–Kier alpha value is -3.67. The summed E-state index contributed by atoms with van der Waals surface area (Å²) in [6.07, 6.45) is 0.826. The van der Waals surface area contributed by atoms with E-state index in [0.717, 1.165) is 6.07 Å². The van der Waals surface area contributed by atoms with Gasteiger partial charge in [0.05, 0.1) is 22.7 Å². The number of nitrogens with zero attached hydrogens (tertiary/aromatic N) is 3. The highest BCUT2D eigenvalue weighted by molar-refractivity contribution is 5.93. The molecule has 7 nitrogen and oxygen atoms in total. The van der Waals surface area contributed by atoms with E-state index < -0.39 is 34.6 Å². The Morgan fingerprint density at radius 2 is 2.03 bits per heavy atom. The standard InChI is InChI=1S/C20H15F2N5O2/c1-10(15-4-2-11(9-23)26-27-15)24-19(29)20(6-7-20)13-8-12-16(25-18(13)28)5-3-14(21)17(12)22/h2-5,8,10H,6-7H2,1H3,(H,24,29)(H,25,28)/t10-/m0/s1. The number of halogens is 2. The van der Waals surface area contributed by atoms with Crippen LogP contribution in [-0.2, 0) is 10.2 Å². The van der Waals surface area contributed by atoms with Gasteiger partial charge >= 0.3 is 0 Å². The van der Waals surface area contributed by atoms with Crippen molar-refractivity contribution >= 4 is 16.8 Å². The average molecular weight is 395 g/mol. The van der Waals surface area contributed by atoms with Crippen LogP contribution in [0.4, 0.5) is 8.78 Å². The fourth-order valence-electron chi connectivity index (χ4n) is 3.36. The first-order valence-electron chi connectivity index (χ1n) is 8.92. The highest BCUT2D eigenvalue weighted by atomic mass is 19.2. The van der Waals surface area contributed by atoms with E-state index in [4.69, 9.17) is 5.26 Å². The molecule has 0 aliphatic heterocycles. The number of hydrogen-bond acceptors (Lipinski definition) is 5. The molecule has 4 rings (SSSR count). The van der Waals surface area contributed by atoms with Crippen LogP contribution in [-0.4, -0.2) is 21.1 Å². The lowest BCUT2D eigenvalue weighted by Crippen LogP contribution is -2.39. The number of hydrogen-bond donors (Lipinski definition) is 2. The number of aromatic nitrogens is 3. The molecule has 1 aliphatic rings. The number of benzene rings is 1. The second kappa shape index (κ2) is 6.74. The number of rotatable bonds is 4. The van der Waals surface area contributed by atoms with Crippen molar-refractivity contribution in [3.63, 3.8) is 0 Å². The molecule has 2 N–H and O–H groups in total. The molecule has 2 heterocycles. The lowest BCUT2D eigenvalue weighted by molar-refractivity contribution is -0.124.